The summed E-state index contributed by atoms with van der Waals surface area (Å²) in [6, 6.07) is 14.2. The molecule has 0 spiro atoms. The fraction of sp³-hybridized carbons (Fsp3) is 0.296. The van der Waals surface area contributed by atoms with Gasteiger partial charge in [0.15, 0.2) is 0 Å². The number of aryl methyl sites for hydroxylation is 1. The first kappa shape index (κ1) is 24.2. The number of para-hydroxylation sites is 1. The van der Waals surface area contributed by atoms with Crippen LogP contribution in [-0.4, -0.2) is 75.6 Å². The maximum Gasteiger partial charge on any atom is 0.262 e. The number of aromatic amines is 1. The normalized spacial score (nSPS) is 15.0. The molecule has 2 aliphatic heterocycles. The van der Waals surface area contributed by atoms with Gasteiger partial charge in [0.2, 0.25) is 17.7 Å². The summed E-state index contributed by atoms with van der Waals surface area (Å²) in [6.45, 7) is 2.43. The number of H-pyrrole nitrogens is 1. The number of nitrogens with one attached hydrogen (secondary N) is 2. The molecule has 3 aromatic rings. The molecule has 2 N–H and O–H groups in total. The maximum atomic E-state index is 13.1. The van der Waals surface area contributed by atoms with Crippen LogP contribution in [0, 0.1) is 6.92 Å². The van der Waals surface area contributed by atoms with Gasteiger partial charge in [-0.1, -0.05) is 30.3 Å². The first-order chi connectivity index (χ1) is 17.8. The van der Waals surface area contributed by atoms with Crippen molar-refractivity contribution >= 4 is 40.4 Å². The lowest BCUT2D eigenvalue weighted by molar-refractivity contribution is -0.157. The molecular weight excluding hydrogens is 474 g/mol. The Morgan fingerprint density at radius 3 is 2.22 bits per heavy atom. The summed E-state index contributed by atoms with van der Waals surface area (Å²) in [5.41, 5.74) is 3.36. The summed E-state index contributed by atoms with van der Waals surface area (Å²) in [5.74, 6) is -1.99. The van der Waals surface area contributed by atoms with Crippen molar-refractivity contribution in [3.63, 3.8) is 0 Å². The number of carbonyl (C=O) groups is 5. The van der Waals surface area contributed by atoms with Crippen LogP contribution in [0.2, 0.25) is 0 Å². The summed E-state index contributed by atoms with van der Waals surface area (Å²) < 4.78 is 0. The van der Waals surface area contributed by atoms with Gasteiger partial charge in [0.1, 0.15) is 6.54 Å². The van der Waals surface area contributed by atoms with Crippen molar-refractivity contribution in [1.29, 1.82) is 0 Å². The van der Waals surface area contributed by atoms with Crippen LogP contribution in [-0.2, 0) is 20.8 Å². The molecule has 0 bridgehead atoms. The Balaban J connectivity index is 1.13. The largest absolute Gasteiger partial charge is 0.358 e. The van der Waals surface area contributed by atoms with Crippen molar-refractivity contribution in [2.75, 3.05) is 26.2 Å². The van der Waals surface area contributed by atoms with E-state index in [4.69, 9.17) is 0 Å². The number of hydrogen-bond donors (Lipinski definition) is 2. The maximum absolute atomic E-state index is 13.1. The average molecular weight is 502 g/mol. The quantitative estimate of drug-likeness (QED) is 0.478. The van der Waals surface area contributed by atoms with E-state index in [9.17, 15) is 24.0 Å². The summed E-state index contributed by atoms with van der Waals surface area (Å²) in [5, 5.41) is 6.53. The highest BCUT2D eigenvalue weighted by atomic mass is 16.2. The van der Waals surface area contributed by atoms with E-state index in [1.165, 1.54) is 10.0 Å². The van der Waals surface area contributed by atoms with Gasteiger partial charge < -0.3 is 10.3 Å². The van der Waals surface area contributed by atoms with Crippen molar-refractivity contribution in [3.8, 4) is 0 Å². The van der Waals surface area contributed by atoms with Crippen LogP contribution in [0.3, 0.4) is 0 Å². The average Bonchev–Trinajstić information content (AvgIpc) is 3.57. The second kappa shape index (κ2) is 9.88. The monoisotopic (exact) mass is 501 g/mol. The minimum atomic E-state index is -0.536. The SMILES string of the molecule is Cc1[nH]c2ccccc2c1CC(=O)N1CCCN1C(=O)CCNC(=O)CN1C(=O)c2ccccc2C1=O. The second-order valence-corrected chi connectivity index (χ2v) is 9.18. The van der Waals surface area contributed by atoms with E-state index in [-0.39, 0.29) is 42.3 Å². The fourth-order valence-corrected chi connectivity index (χ4v) is 4.96. The first-order valence-electron chi connectivity index (χ1n) is 12.2. The van der Waals surface area contributed by atoms with Crippen LogP contribution in [0.1, 0.15) is 44.8 Å². The second-order valence-electron chi connectivity index (χ2n) is 9.18. The summed E-state index contributed by atoms with van der Waals surface area (Å²) >= 11 is 0. The van der Waals surface area contributed by atoms with Crippen molar-refractivity contribution in [2.45, 2.75) is 26.2 Å². The molecule has 1 fully saturated rings. The third-order valence-corrected chi connectivity index (χ3v) is 6.80. The molecule has 0 radical (unpaired) electrons. The van der Waals surface area contributed by atoms with Gasteiger partial charge in [0, 0.05) is 42.7 Å². The predicted octanol–water partition coefficient (Wildman–Crippen LogP) is 1.80. The number of amides is 5. The molecule has 3 heterocycles. The Labute approximate surface area is 213 Å². The smallest absolute Gasteiger partial charge is 0.262 e. The standard InChI is InChI=1S/C27H27N5O5/c1-17-21(18-7-4-5-10-22(18)29-17)15-25(35)32-14-6-13-31(32)24(34)11-12-28-23(33)16-30-26(36)19-8-2-3-9-20(19)27(30)37/h2-5,7-10,29H,6,11-16H2,1H3,(H,28,33). The Kier molecular flexibility index (Phi) is 6.47. The Morgan fingerprint density at radius 2 is 1.51 bits per heavy atom. The molecule has 0 atom stereocenters. The van der Waals surface area contributed by atoms with Gasteiger partial charge in [-0.25, -0.2) is 0 Å². The predicted molar refractivity (Wildman–Crippen MR) is 134 cm³/mol. The zero-order chi connectivity index (χ0) is 26.1. The number of fused-ring (bicyclic) bond motifs is 2. The number of rotatable bonds is 7. The van der Waals surface area contributed by atoms with Crippen LogP contribution >= 0.6 is 0 Å². The van der Waals surface area contributed by atoms with E-state index in [1.54, 1.807) is 24.3 Å². The highest BCUT2D eigenvalue weighted by molar-refractivity contribution is 6.22. The minimum absolute atomic E-state index is 0.0102. The highest BCUT2D eigenvalue weighted by Crippen LogP contribution is 2.24. The molecule has 1 saturated heterocycles. The minimum Gasteiger partial charge on any atom is -0.358 e. The van der Waals surface area contributed by atoms with Gasteiger partial charge in [-0.2, -0.15) is 0 Å². The molecule has 5 amide bonds. The molecule has 37 heavy (non-hydrogen) atoms. The fourth-order valence-electron chi connectivity index (χ4n) is 4.96. The van der Waals surface area contributed by atoms with Crippen LogP contribution in [0.4, 0.5) is 0 Å². The van der Waals surface area contributed by atoms with Crippen molar-refractivity contribution in [2.24, 2.45) is 0 Å². The van der Waals surface area contributed by atoms with Gasteiger partial charge >= 0.3 is 0 Å². The topological polar surface area (TPSA) is 123 Å². The van der Waals surface area contributed by atoms with Gasteiger partial charge in [-0.05, 0) is 37.1 Å². The van der Waals surface area contributed by atoms with Crippen LogP contribution < -0.4 is 5.32 Å². The van der Waals surface area contributed by atoms with Crippen molar-refractivity contribution in [1.82, 2.24) is 25.2 Å². The van der Waals surface area contributed by atoms with E-state index in [0.29, 0.717) is 19.5 Å². The lowest BCUT2D eigenvalue weighted by Gasteiger charge is -2.28. The van der Waals surface area contributed by atoms with E-state index in [1.807, 2.05) is 31.2 Å². The molecular formula is C27H27N5O5. The molecule has 2 aliphatic rings. The van der Waals surface area contributed by atoms with E-state index in [0.717, 1.165) is 27.1 Å². The Hall–Kier alpha value is -4.47. The van der Waals surface area contributed by atoms with Gasteiger partial charge in [-0.3, -0.25) is 38.9 Å². The Morgan fingerprint density at radius 1 is 0.892 bits per heavy atom. The third-order valence-electron chi connectivity index (χ3n) is 6.80. The molecule has 0 unspecified atom stereocenters. The molecule has 0 saturated carbocycles. The van der Waals surface area contributed by atoms with Crippen molar-refractivity contribution < 1.29 is 24.0 Å². The molecule has 1 aromatic heterocycles. The van der Waals surface area contributed by atoms with Crippen LogP contribution in [0.15, 0.2) is 48.5 Å². The number of hydrogen-bond acceptors (Lipinski definition) is 5. The van der Waals surface area contributed by atoms with Gasteiger partial charge in [-0.15, -0.1) is 0 Å². The number of carbonyl (C=O) groups excluding carboxylic acids is 5. The van der Waals surface area contributed by atoms with Crippen LogP contribution in [0.5, 0.6) is 0 Å². The summed E-state index contributed by atoms with van der Waals surface area (Å²) in [4.78, 5) is 67.4. The molecule has 10 nitrogen and oxygen atoms in total. The van der Waals surface area contributed by atoms with E-state index >= 15 is 0 Å². The molecule has 0 aliphatic carbocycles. The summed E-state index contributed by atoms with van der Waals surface area (Å²) in [6.07, 6.45) is 0.844. The van der Waals surface area contributed by atoms with E-state index < -0.39 is 24.3 Å². The van der Waals surface area contributed by atoms with E-state index in [2.05, 4.69) is 10.3 Å². The number of benzene rings is 2. The number of hydrazine groups is 1. The molecule has 10 heteroatoms. The number of nitrogens with zero attached hydrogens (tertiary/aromatic N) is 3. The van der Waals surface area contributed by atoms with Gasteiger partial charge in [0.25, 0.3) is 11.8 Å². The molecule has 5 rings (SSSR count). The third kappa shape index (κ3) is 4.57. The lowest BCUT2D eigenvalue weighted by atomic mass is 10.1. The number of imide groups is 1. The zero-order valence-corrected chi connectivity index (χ0v) is 20.5. The van der Waals surface area contributed by atoms with Gasteiger partial charge in [0.05, 0.1) is 17.5 Å². The first-order valence-corrected chi connectivity index (χ1v) is 12.2. The molecule has 2 aromatic carbocycles. The molecule has 190 valence electrons. The van der Waals surface area contributed by atoms with Crippen molar-refractivity contribution in [3.05, 3.63) is 70.9 Å². The van der Waals surface area contributed by atoms with Crippen LogP contribution in [0.25, 0.3) is 10.9 Å². The highest BCUT2D eigenvalue weighted by Gasteiger charge is 2.36. The number of aromatic nitrogens is 1. The summed E-state index contributed by atoms with van der Waals surface area (Å²) in [7, 11) is 0. The zero-order valence-electron chi connectivity index (χ0n) is 20.5. The Bertz CT molecular complexity index is 1390. The lowest BCUT2D eigenvalue weighted by Crippen LogP contribution is -2.46.